The second kappa shape index (κ2) is 7.51. The zero-order valence-corrected chi connectivity index (χ0v) is 15.1. The third-order valence-electron chi connectivity index (χ3n) is 5.31. The van der Waals surface area contributed by atoms with Gasteiger partial charge in [-0.3, -0.25) is 4.21 Å². The summed E-state index contributed by atoms with van der Waals surface area (Å²) in [5, 5.41) is 3.04. The van der Waals surface area contributed by atoms with Gasteiger partial charge in [0, 0.05) is 30.1 Å². The van der Waals surface area contributed by atoms with E-state index in [1.54, 1.807) is 6.26 Å². The van der Waals surface area contributed by atoms with Crippen LogP contribution in [0.15, 0.2) is 36.4 Å². The first-order chi connectivity index (χ1) is 11.6. The number of benzene rings is 1. The number of rotatable bonds is 5. The molecule has 1 aromatic carbocycles. The van der Waals surface area contributed by atoms with E-state index in [2.05, 4.69) is 29.6 Å². The van der Waals surface area contributed by atoms with Crippen LogP contribution in [0.2, 0.25) is 0 Å². The quantitative estimate of drug-likeness (QED) is 0.890. The fourth-order valence-corrected chi connectivity index (χ4v) is 4.65. The van der Waals surface area contributed by atoms with Gasteiger partial charge in [-0.05, 0) is 31.2 Å². The number of amides is 2. The lowest BCUT2D eigenvalue weighted by Gasteiger charge is -2.40. The van der Waals surface area contributed by atoms with Gasteiger partial charge in [-0.2, -0.15) is 0 Å². The molecule has 0 radical (unpaired) electrons. The Balaban J connectivity index is 1.57. The molecule has 5 heteroatoms. The van der Waals surface area contributed by atoms with E-state index in [9.17, 15) is 9.00 Å². The van der Waals surface area contributed by atoms with Gasteiger partial charge in [0.1, 0.15) is 0 Å². The molecule has 1 saturated heterocycles. The molecule has 1 aromatic rings. The highest BCUT2D eigenvalue weighted by molar-refractivity contribution is 7.85. The van der Waals surface area contributed by atoms with Gasteiger partial charge in [0.2, 0.25) is 0 Å². The van der Waals surface area contributed by atoms with Crippen LogP contribution in [0.4, 0.5) is 4.79 Å². The van der Waals surface area contributed by atoms with Gasteiger partial charge in [0.15, 0.2) is 0 Å². The van der Waals surface area contributed by atoms with Crippen molar-refractivity contribution < 1.29 is 9.00 Å². The smallest absolute Gasteiger partial charge is 0.317 e. The van der Waals surface area contributed by atoms with Crippen LogP contribution in [0.25, 0.3) is 6.08 Å². The Hall–Kier alpha value is -1.62. The molecule has 1 aliphatic heterocycles. The van der Waals surface area contributed by atoms with E-state index in [-0.39, 0.29) is 16.8 Å². The summed E-state index contributed by atoms with van der Waals surface area (Å²) in [4.78, 5) is 14.5. The van der Waals surface area contributed by atoms with Crippen molar-refractivity contribution in [3.05, 3.63) is 42.0 Å². The van der Waals surface area contributed by atoms with Crippen LogP contribution in [0, 0.1) is 0 Å². The van der Waals surface area contributed by atoms with Crippen LogP contribution in [0.3, 0.4) is 0 Å². The summed E-state index contributed by atoms with van der Waals surface area (Å²) in [6.45, 7) is 1.32. The minimum atomic E-state index is -0.884. The zero-order chi connectivity index (χ0) is 17.0. The molecule has 0 aromatic heterocycles. The van der Waals surface area contributed by atoms with Gasteiger partial charge in [-0.15, -0.1) is 0 Å². The Morgan fingerprint density at radius 1 is 1.33 bits per heavy atom. The van der Waals surface area contributed by atoms with E-state index < -0.39 is 10.8 Å². The number of carbonyl (C=O) groups is 1. The summed E-state index contributed by atoms with van der Waals surface area (Å²) in [6.07, 6.45) is 11.0. The van der Waals surface area contributed by atoms with Crippen LogP contribution < -0.4 is 5.32 Å². The van der Waals surface area contributed by atoms with E-state index in [4.69, 9.17) is 0 Å². The molecule has 2 amide bonds. The molecule has 2 atom stereocenters. The number of likely N-dealkylation sites (tertiary alicyclic amines) is 1. The molecule has 0 unspecified atom stereocenters. The molecule has 1 heterocycles. The maximum absolute atomic E-state index is 12.6. The maximum atomic E-state index is 12.6. The standard InChI is InChI=1S/C19H26N2O2S/c1-24(23)19(12-6-13-19)15-20-18(22)21-14-5-9-17(21)11-10-16-7-3-2-4-8-16/h2-4,7-8,10-11,17H,5-6,9,12-15H2,1H3,(H,20,22)/b11-10+/t17-,24-/m0/s1. The average molecular weight is 346 g/mol. The predicted octanol–water partition coefficient (Wildman–Crippen LogP) is 3.18. The number of hydrogen-bond donors (Lipinski definition) is 1. The SMILES string of the molecule is C[S@](=O)C1(CNC(=O)N2CCC[C@H]2/C=C/c2ccccc2)CCC1. The molecular weight excluding hydrogens is 320 g/mol. The molecule has 3 rings (SSSR count). The summed E-state index contributed by atoms with van der Waals surface area (Å²) < 4.78 is 11.8. The minimum absolute atomic E-state index is 0.0214. The topological polar surface area (TPSA) is 49.4 Å². The largest absolute Gasteiger partial charge is 0.336 e. The second-order valence-electron chi connectivity index (χ2n) is 6.82. The maximum Gasteiger partial charge on any atom is 0.317 e. The lowest BCUT2D eigenvalue weighted by Crippen LogP contribution is -2.53. The molecule has 1 N–H and O–H groups in total. The molecule has 1 aliphatic carbocycles. The predicted molar refractivity (Wildman–Crippen MR) is 99.3 cm³/mol. The van der Waals surface area contributed by atoms with Crippen molar-refractivity contribution in [1.29, 1.82) is 0 Å². The first-order valence-corrected chi connectivity index (χ1v) is 10.3. The molecule has 2 aliphatic rings. The van der Waals surface area contributed by atoms with E-state index in [1.807, 2.05) is 23.1 Å². The Morgan fingerprint density at radius 2 is 2.08 bits per heavy atom. The van der Waals surface area contributed by atoms with Gasteiger partial charge >= 0.3 is 6.03 Å². The average Bonchev–Trinajstić information content (AvgIpc) is 3.01. The van der Waals surface area contributed by atoms with E-state index in [0.717, 1.165) is 44.2 Å². The Kier molecular flexibility index (Phi) is 5.39. The first kappa shape index (κ1) is 17.2. The van der Waals surface area contributed by atoms with Gasteiger partial charge in [0.25, 0.3) is 0 Å². The summed E-state index contributed by atoms with van der Waals surface area (Å²) in [7, 11) is -0.884. The van der Waals surface area contributed by atoms with Gasteiger partial charge in [-0.25, -0.2) is 4.79 Å². The summed E-state index contributed by atoms with van der Waals surface area (Å²) in [5.41, 5.74) is 1.15. The van der Waals surface area contributed by atoms with Crippen molar-refractivity contribution in [2.75, 3.05) is 19.3 Å². The van der Waals surface area contributed by atoms with Crippen molar-refractivity contribution in [2.24, 2.45) is 0 Å². The van der Waals surface area contributed by atoms with Crippen molar-refractivity contribution in [2.45, 2.75) is 42.9 Å². The van der Waals surface area contributed by atoms with E-state index in [0.29, 0.717) is 6.54 Å². The number of nitrogens with one attached hydrogen (secondary N) is 1. The fraction of sp³-hybridized carbons (Fsp3) is 0.526. The van der Waals surface area contributed by atoms with Crippen molar-refractivity contribution in [1.82, 2.24) is 10.2 Å². The lowest BCUT2D eigenvalue weighted by molar-refractivity contribution is 0.196. The number of hydrogen-bond acceptors (Lipinski definition) is 2. The minimum Gasteiger partial charge on any atom is -0.336 e. The fourth-order valence-electron chi connectivity index (χ4n) is 3.51. The Labute approximate surface area is 146 Å². The number of nitrogens with zero attached hydrogens (tertiary/aromatic N) is 1. The monoisotopic (exact) mass is 346 g/mol. The molecular formula is C19H26N2O2S. The van der Waals surface area contributed by atoms with Crippen molar-refractivity contribution in [3.8, 4) is 0 Å². The van der Waals surface area contributed by atoms with Crippen LogP contribution in [0.5, 0.6) is 0 Å². The molecule has 24 heavy (non-hydrogen) atoms. The van der Waals surface area contributed by atoms with Crippen molar-refractivity contribution in [3.63, 3.8) is 0 Å². The summed E-state index contributed by atoms with van der Waals surface area (Å²) >= 11 is 0. The molecule has 2 fully saturated rings. The Morgan fingerprint density at radius 3 is 2.71 bits per heavy atom. The highest BCUT2D eigenvalue weighted by atomic mass is 32.2. The molecule has 0 spiro atoms. The van der Waals surface area contributed by atoms with Crippen LogP contribution >= 0.6 is 0 Å². The van der Waals surface area contributed by atoms with Crippen LogP contribution in [-0.2, 0) is 10.8 Å². The molecule has 130 valence electrons. The van der Waals surface area contributed by atoms with Crippen molar-refractivity contribution >= 4 is 22.9 Å². The molecule has 0 bridgehead atoms. The lowest BCUT2D eigenvalue weighted by atomic mass is 9.84. The zero-order valence-electron chi connectivity index (χ0n) is 14.2. The first-order valence-electron chi connectivity index (χ1n) is 8.72. The highest BCUT2D eigenvalue weighted by Gasteiger charge is 2.41. The Bertz CT molecular complexity index is 626. The van der Waals surface area contributed by atoms with Gasteiger partial charge < -0.3 is 10.2 Å². The second-order valence-corrected chi connectivity index (χ2v) is 8.60. The van der Waals surface area contributed by atoms with Crippen LogP contribution in [-0.4, -0.2) is 45.3 Å². The third kappa shape index (κ3) is 3.72. The highest BCUT2D eigenvalue weighted by Crippen LogP contribution is 2.36. The number of urea groups is 1. The van der Waals surface area contributed by atoms with Gasteiger partial charge in [-0.1, -0.05) is 48.9 Å². The molecule has 4 nitrogen and oxygen atoms in total. The molecule has 1 saturated carbocycles. The number of carbonyl (C=O) groups excluding carboxylic acids is 1. The van der Waals surface area contributed by atoms with E-state index in [1.165, 1.54) is 0 Å². The van der Waals surface area contributed by atoms with Gasteiger partial charge in [0.05, 0.1) is 10.8 Å². The summed E-state index contributed by atoms with van der Waals surface area (Å²) in [6, 6.07) is 10.3. The van der Waals surface area contributed by atoms with Crippen LogP contribution in [0.1, 0.15) is 37.7 Å². The third-order valence-corrected chi connectivity index (χ3v) is 7.08. The normalized spacial score (nSPS) is 23.9. The van der Waals surface area contributed by atoms with E-state index >= 15 is 0 Å². The summed E-state index contributed by atoms with van der Waals surface area (Å²) in [5.74, 6) is 0.